The SMILES string of the molecule is C=C/C(=C\C=C/C)c1nc(-c2ccccc2)nc(-c2cccc3sc4c(-c5ccc6ccc7ccccc7c6n5)cccc4c23)n1. The molecule has 0 spiro atoms. The summed E-state index contributed by atoms with van der Waals surface area (Å²) in [4.78, 5) is 20.2. The third-order valence-electron chi connectivity index (χ3n) is 8.24. The highest BCUT2D eigenvalue weighted by Crippen LogP contribution is 2.43. The molecule has 46 heavy (non-hydrogen) atoms. The van der Waals surface area contributed by atoms with Crippen molar-refractivity contribution < 1.29 is 0 Å². The molecule has 8 aromatic rings. The number of rotatable bonds is 6. The molecule has 0 aliphatic rings. The second-order valence-electron chi connectivity index (χ2n) is 11.0. The van der Waals surface area contributed by atoms with Gasteiger partial charge in [-0.3, -0.25) is 0 Å². The van der Waals surface area contributed by atoms with Gasteiger partial charge < -0.3 is 0 Å². The van der Waals surface area contributed by atoms with Crippen molar-refractivity contribution in [2.75, 3.05) is 0 Å². The number of allylic oxidation sites excluding steroid dienone is 5. The summed E-state index contributed by atoms with van der Waals surface area (Å²) in [5.41, 5.74) is 5.82. The fraction of sp³-hybridized carbons (Fsp3) is 0.0244. The van der Waals surface area contributed by atoms with Gasteiger partial charge in [0.05, 0.1) is 11.2 Å². The lowest BCUT2D eigenvalue weighted by Gasteiger charge is -2.10. The van der Waals surface area contributed by atoms with E-state index in [9.17, 15) is 0 Å². The van der Waals surface area contributed by atoms with E-state index in [-0.39, 0.29) is 0 Å². The van der Waals surface area contributed by atoms with Gasteiger partial charge in [0.2, 0.25) is 0 Å². The molecule has 4 nitrogen and oxygen atoms in total. The Hall–Kier alpha value is -5.78. The number of hydrogen-bond acceptors (Lipinski definition) is 5. The minimum atomic E-state index is 0.585. The van der Waals surface area contributed by atoms with Gasteiger partial charge in [0, 0.05) is 53.2 Å². The van der Waals surface area contributed by atoms with E-state index in [0.29, 0.717) is 17.5 Å². The molecule has 0 aliphatic carbocycles. The highest BCUT2D eigenvalue weighted by molar-refractivity contribution is 7.26. The molecule has 0 unspecified atom stereocenters. The Kier molecular flexibility index (Phi) is 7.01. The van der Waals surface area contributed by atoms with E-state index >= 15 is 0 Å². The molecular formula is C41H28N4S. The normalized spacial score (nSPS) is 12.2. The summed E-state index contributed by atoms with van der Waals surface area (Å²) in [5, 5.41) is 5.77. The van der Waals surface area contributed by atoms with Gasteiger partial charge in [-0.15, -0.1) is 11.3 Å². The van der Waals surface area contributed by atoms with E-state index in [1.54, 1.807) is 17.4 Å². The van der Waals surface area contributed by atoms with Gasteiger partial charge in [-0.05, 0) is 24.4 Å². The van der Waals surface area contributed by atoms with Crippen LogP contribution in [-0.2, 0) is 0 Å². The lowest BCUT2D eigenvalue weighted by Crippen LogP contribution is -2.02. The summed E-state index contributed by atoms with van der Waals surface area (Å²) in [7, 11) is 0. The van der Waals surface area contributed by atoms with Crippen molar-refractivity contribution in [2.24, 2.45) is 0 Å². The van der Waals surface area contributed by atoms with Crippen LogP contribution in [0.5, 0.6) is 0 Å². The summed E-state index contributed by atoms with van der Waals surface area (Å²) in [6, 6.07) is 40.0. The lowest BCUT2D eigenvalue weighted by atomic mass is 10.0. The Labute approximate surface area is 270 Å². The fourth-order valence-corrected chi connectivity index (χ4v) is 7.27. The first-order valence-electron chi connectivity index (χ1n) is 15.2. The van der Waals surface area contributed by atoms with E-state index in [2.05, 4.69) is 91.5 Å². The van der Waals surface area contributed by atoms with Gasteiger partial charge >= 0.3 is 0 Å². The minimum Gasteiger partial charge on any atom is -0.247 e. The standard InChI is InChI=1S/C41H28N4S/c1-3-5-13-26(4-2)39-43-40(29-15-7-6-8-16-29)45-41(44-39)33-20-12-21-35-36(33)32-19-11-18-31(38(32)46-35)34-25-24-28-23-22-27-14-9-10-17-30(27)37(28)42-34/h3-25H,2H2,1H3/b5-3-,26-13+. The molecule has 0 bridgehead atoms. The van der Waals surface area contributed by atoms with Crippen LogP contribution in [0.25, 0.3) is 81.5 Å². The van der Waals surface area contributed by atoms with Gasteiger partial charge in [-0.25, -0.2) is 19.9 Å². The number of nitrogens with zero attached hydrogens (tertiary/aromatic N) is 4. The van der Waals surface area contributed by atoms with E-state index in [0.717, 1.165) is 55.0 Å². The van der Waals surface area contributed by atoms with Crippen molar-refractivity contribution in [3.63, 3.8) is 0 Å². The highest BCUT2D eigenvalue weighted by Gasteiger charge is 2.19. The summed E-state index contributed by atoms with van der Waals surface area (Å²) in [6.07, 6.45) is 7.72. The molecule has 0 aliphatic heterocycles. The maximum absolute atomic E-state index is 5.24. The zero-order chi connectivity index (χ0) is 31.0. The summed E-state index contributed by atoms with van der Waals surface area (Å²) in [5.74, 6) is 1.84. The van der Waals surface area contributed by atoms with Crippen LogP contribution in [0, 0.1) is 0 Å². The minimum absolute atomic E-state index is 0.585. The van der Waals surface area contributed by atoms with Gasteiger partial charge in [0.25, 0.3) is 0 Å². The van der Waals surface area contributed by atoms with E-state index in [1.165, 1.54) is 14.8 Å². The second kappa shape index (κ2) is 11.6. The summed E-state index contributed by atoms with van der Waals surface area (Å²) in [6.45, 7) is 6.03. The maximum Gasteiger partial charge on any atom is 0.164 e. The van der Waals surface area contributed by atoms with Crippen molar-refractivity contribution in [3.8, 4) is 34.0 Å². The number of aromatic nitrogens is 4. The van der Waals surface area contributed by atoms with Crippen LogP contribution < -0.4 is 0 Å². The molecule has 0 fully saturated rings. The van der Waals surface area contributed by atoms with Crippen molar-refractivity contribution in [2.45, 2.75) is 6.92 Å². The fourth-order valence-electron chi connectivity index (χ4n) is 6.02. The second-order valence-corrected chi connectivity index (χ2v) is 12.1. The van der Waals surface area contributed by atoms with E-state index in [1.807, 2.05) is 55.5 Å². The van der Waals surface area contributed by atoms with Crippen LogP contribution in [0.15, 0.2) is 146 Å². The topological polar surface area (TPSA) is 51.6 Å². The zero-order valence-electron chi connectivity index (χ0n) is 25.2. The Morgan fingerprint density at radius 1 is 0.652 bits per heavy atom. The first-order valence-corrected chi connectivity index (χ1v) is 16.0. The first kappa shape index (κ1) is 27.7. The lowest BCUT2D eigenvalue weighted by molar-refractivity contribution is 1.04. The van der Waals surface area contributed by atoms with Crippen molar-refractivity contribution in [1.82, 2.24) is 19.9 Å². The van der Waals surface area contributed by atoms with Gasteiger partial charge in [-0.1, -0.05) is 134 Å². The molecule has 0 atom stereocenters. The molecule has 3 heterocycles. The van der Waals surface area contributed by atoms with Crippen LogP contribution in [0.3, 0.4) is 0 Å². The predicted molar refractivity (Wildman–Crippen MR) is 195 cm³/mol. The molecule has 0 saturated heterocycles. The average molecular weight is 609 g/mol. The third kappa shape index (κ3) is 4.78. The maximum atomic E-state index is 5.24. The molecular weight excluding hydrogens is 581 g/mol. The van der Waals surface area contributed by atoms with Gasteiger partial charge in [0.1, 0.15) is 0 Å². The van der Waals surface area contributed by atoms with Crippen molar-refractivity contribution in [3.05, 3.63) is 152 Å². The van der Waals surface area contributed by atoms with Crippen LogP contribution >= 0.6 is 11.3 Å². The van der Waals surface area contributed by atoms with Crippen LogP contribution in [0.2, 0.25) is 0 Å². The predicted octanol–water partition coefficient (Wildman–Crippen LogP) is 11.1. The van der Waals surface area contributed by atoms with Crippen molar-refractivity contribution >= 4 is 58.8 Å². The number of fused-ring (bicyclic) bond motifs is 6. The van der Waals surface area contributed by atoms with E-state index < -0.39 is 0 Å². The Morgan fingerprint density at radius 3 is 2.26 bits per heavy atom. The molecule has 218 valence electrons. The molecule has 0 saturated carbocycles. The van der Waals surface area contributed by atoms with Crippen LogP contribution in [0.4, 0.5) is 0 Å². The summed E-state index contributed by atoms with van der Waals surface area (Å²) >= 11 is 1.78. The Bertz CT molecular complexity index is 2510. The van der Waals surface area contributed by atoms with Crippen molar-refractivity contribution in [1.29, 1.82) is 0 Å². The number of thiophene rings is 1. The molecule has 8 rings (SSSR count). The highest BCUT2D eigenvalue weighted by atomic mass is 32.1. The Balaban J connectivity index is 1.35. The number of hydrogen-bond donors (Lipinski definition) is 0. The third-order valence-corrected chi connectivity index (χ3v) is 9.44. The van der Waals surface area contributed by atoms with E-state index in [4.69, 9.17) is 19.9 Å². The molecule has 3 aromatic heterocycles. The van der Waals surface area contributed by atoms with Gasteiger partial charge in [0.15, 0.2) is 17.5 Å². The van der Waals surface area contributed by atoms with Gasteiger partial charge in [-0.2, -0.15) is 0 Å². The largest absolute Gasteiger partial charge is 0.247 e. The average Bonchev–Trinajstić information content (AvgIpc) is 3.51. The van der Waals surface area contributed by atoms with Crippen LogP contribution in [0.1, 0.15) is 12.7 Å². The smallest absolute Gasteiger partial charge is 0.164 e. The molecule has 0 N–H and O–H groups in total. The number of benzene rings is 5. The first-order chi connectivity index (χ1) is 22.7. The molecule has 0 radical (unpaired) electrons. The monoisotopic (exact) mass is 608 g/mol. The van der Waals surface area contributed by atoms with Crippen LogP contribution in [-0.4, -0.2) is 19.9 Å². The number of pyridine rings is 1. The quantitative estimate of drug-likeness (QED) is 0.139. The molecule has 5 heteroatoms. The molecule has 5 aromatic carbocycles. The molecule has 0 amide bonds. The Morgan fingerprint density at radius 2 is 1.39 bits per heavy atom. The zero-order valence-corrected chi connectivity index (χ0v) is 26.0. The summed E-state index contributed by atoms with van der Waals surface area (Å²) < 4.78 is 2.36.